The van der Waals surface area contributed by atoms with Crippen molar-refractivity contribution in [1.82, 2.24) is 24.6 Å². The molecule has 12 nitrogen and oxygen atoms in total. The Labute approximate surface area is 187 Å². The van der Waals surface area contributed by atoms with Crippen LogP contribution in [0.5, 0.6) is 0 Å². The quantitative estimate of drug-likeness (QED) is 0.385. The number of fused-ring (bicyclic) bond motifs is 2. The monoisotopic (exact) mass is 454 g/mol. The van der Waals surface area contributed by atoms with Crippen LogP contribution in [-0.2, 0) is 14.3 Å². The number of ether oxygens (including phenoxy) is 2. The number of anilines is 1. The predicted octanol–water partition coefficient (Wildman–Crippen LogP) is 0.690. The van der Waals surface area contributed by atoms with E-state index in [0.717, 1.165) is 6.42 Å². The zero-order valence-electron chi connectivity index (χ0n) is 17.7. The number of nitrogens with zero attached hydrogens (tertiary/aromatic N) is 5. The molecule has 4 heterocycles. The van der Waals surface area contributed by atoms with E-state index in [-0.39, 0.29) is 23.6 Å². The molecule has 0 saturated carbocycles. The second kappa shape index (κ2) is 8.48. The molecule has 1 fully saturated rings. The van der Waals surface area contributed by atoms with Crippen LogP contribution in [0.2, 0.25) is 0 Å². The van der Waals surface area contributed by atoms with Crippen LogP contribution in [0.15, 0.2) is 36.9 Å². The topological polar surface area (TPSA) is 155 Å². The first-order valence-corrected chi connectivity index (χ1v) is 10.5. The zero-order valence-corrected chi connectivity index (χ0v) is 17.7. The van der Waals surface area contributed by atoms with Gasteiger partial charge >= 0.3 is 0 Å². The van der Waals surface area contributed by atoms with E-state index >= 15 is 0 Å². The molecule has 2 amide bonds. The average Bonchev–Trinajstić information content (AvgIpc) is 3.45. The van der Waals surface area contributed by atoms with Crippen LogP contribution in [-0.4, -0.2) is 73.0 Å². The van der Waals surface area contributed by atoms with E-state index in [2.05, 4.69) is 15.0 Å². The summed E-state index contributed by atoms with van der Waals surface area (Å²) in [6, 6.07) is 6.41. The molecule has 4 atom stereocenters. The molecule has 3 aromatic rings. The molecule has 3 N–H and O–H groups in total. The van der Waals surface area contributed by atoms with Crippen LogP contribution in [0.1, 0.15) is 40.3 Å². The summed E-state index contributed by atoms with van der Waals surface area (Å²) in [6.07, 6.45) is -0.602. The Morgan fingerprint density at radius 3 is 2.58 bits per heavy atom. The van der Waals surface area contributed by atoms with Gasteiger partial charge < -0.3 is 20.3 Å². The maximum atomic E-state index is 12.8. The average molecular weight is 454 g/mol. The Morgan fingerprint density at radius 2 is 1.88 bits per heavy atom. The van der Waals surface area contributed by atoms with Crippen LogP contribution in [0.3, 0.4) is 0 Å². The van der Waals surface area contributed by atoms with Crippen molar-refractivity contribution >= 4 is 28.8 Å². The first-order chi connectivity index (χ1) is 16.0. The van der Waals surface area contributed by atoms with Gasteiger partial charge in [-0.2, -0.15) is 0 Å². The fourth-order valence-corrected chi connectivity index (χ4v) is 3.98. The van der Waals surface area contributed by atoms with Gasteiger partial charge in [-0.25, -0.2) is 15.0 Å². The van der Waals surface area contributed by atoms with E-state index in [1.54, 1.807) is 24.3 Å². The summed E-state index contributed by atoms with van der Waals surface area (Å²) in [6.45, 7) is 2.54. The van der Waals surface area contributed by atoms with E-state index < -0.39 is 36.4 Å². The van der Waals surface area contributed by atoms with Gasteiger partial charge in [-0.1, -0.05) is 19.1 Å². The van der Waals surface area contributed by atoms with E-state index in [4.69, 9.17) is 20.0 Å². The van der Waals surface area contributed by atoms with Gasteiger partial charge in [0, 0.05) is 6.61 Å². The summed E-state index contributed by atoms with van der Waals surface area (Å²) in [5.41, 5.74) is 7.04. The third-order valence-electron chi connectivity index (χ3n) is 5.59. The molecule has 1 saturated heterocycles. The molecule has 2 aliphatic heterocycles. The molecule has 2 aromatic heterocycles. The highest BCUT2D eigenvalue weighted by Gasteiger charge is 2.50. The first-order valence-electron chi connectivity index (χ1n) is 10.5. The molecule has 0 spiro atoms. The van der Waals surface area contributed by atoms with Crippen LogP contribution in [0.4, 0.5) is 5.82 Å². The van der Waals surface area contributed by atoms with E-state index in [0.29, 0.717) is 22.8 Å². The number of hydrogen-bond acceptors (Lipinski definition) is 10. The Kier molecular flexibility index (Phi) is 5.50. The zero-order chi connectivity index (χ0) is 23.1. The van der Waals surface area contributed by atoms with Crippen molar-refractivity contribution in [1.29, 1.82) is 0 Å². The lowest BCUT2D eigenvalue weighted by Gasteiger charge is -2.25. The molecule has 0 bridgehead atoms. The fourth-order valence-electron chi connectivity index (χ4n) is 3.98. The molecule has 0 radical (unpaired) electrons. The number of hydrogen-bond donors (Lipinski definition) is 2. The first kappa shape index (κ1) is 21.4. The summed E-state index contributed by atoms with van der Waals surface area (Å²) in [4.78, 5) is 43.8. The fraction of sp³-hybridized carbons (Fsp3) is 0.381. The van der Waals surface area contributed by atoms with Crippen molar-refractivity contribution in [2.24, 2.45) is 0 Å². The number of nitrogen functional groups attached to an aromatic ring is 1. The van der Waals surface area contributed by atoms with Crippen molar-refractivity contribution in [2.45, 2.75) is 37.9 Å². The number of imidazole rings is 1. The number of hydroxylamine groups is 2. The van der Waals surface area contributed by atoms with Gasteiger partial charge in [0.15, 0.2) is 23.8 Å². The molecule has 0 unspecified atom stereocenters. The minimum Gasteiger partial charge on any atom is -0.387 e. The minimum atomic E-state index is -1.21. The van der Waals surface area contributed by atoms with Crippen LogP contribution < -0.4 is 5.73 Å². The highest BCUT2D eigenvalue weighted by Crippen LogP contribution is 2.36. The predicted molar refractivity (Wildman–Crippen MR) is 113 cm³/mol. The van der Waals surface area contributed by atoms with E-state index in [9.17, 15) is 14.7 Å². The number of aromatic nitrogens is 4. The van der Waals surface area contributed by atoms with Crippen molar-refractivity contribution in [3.05, 3.63) is 48.0 Å². The largest absolute Gasteiger partial charge is 0.387 e. The number of benzene rings is 1. The van der Waals surface area contributed by atoms with Crippen LogP contribution in [0.25, 0.3) is 11.2 Å². The molecule has 5 rings (SSSR count). The van der Waals surface area contributed by atoms with E-state index in [1.807, 2.05) is 6.92 Å². The van der Waals surface area contributed by atoms with Crippen molar-refractivity contribution in [2.75, 3.05) is 18.9 Å². The van der Waals surface area contributed by atoms with Crippen molar-refractivity contribution in [3.8, 4) is 0 Å². The Bertz CT molecular complexity index is 1180. The summed E-state index contributed by atoms with van der Waals surface area (Å²) < 4.78 is 13.1. The minimum absolute atomic E-state index is 0.0945. The molecular weight excluding hydrogens is 432 g/mol. The summed E-state index contributed by atoms with van der Waals surface area (Å²) >= 11 is 0. The Morgan fingerprint density at radius 1 is 1.15 bits per heavy atom. The summed E-state index contributed by atoms with van der Waals surface area (Å²) in [5, 5.41) is 11.7. The van der Waals surface area contributed by atoms with Crippen LogP contribution >= 0.6 is 0 Å². The molecule has 33 heavy (non-hydrogen) atoms. The molecule has 1 aromatic carbocycles. The maximum absolute atomic E-state index is 12.8. The number of aliphatic hydroxyl groups is 1. The summed E-state index contributed by atoms with van der Waals surface area (Å²) in [5.74, 6) is -1.05. The van der Waals surface area contributed by atoms with Crippen LogP contribution in [0, 0.1) is 0 Å². The van der Waals surface area contributed by atoms with Crippen molar-refractivity contribution in [3.63, 3.8) is 0 Å². The standard InChI is InChI=1S/C21H22N6O6/c1-2-7-31-8-13-15(28)16(33-27-19(29)11-5-3-4-6-12(11)20(27)30)21(32-13)26-10-25-14-17(22)23-9-24-18(14)26/h3-6,9-10,13,15-16,21,28H,2,7-8H2,1H3,(H2,22,23,24)/t13-,15-,16-,21-/m1/s1. The van der Waals surface area contributed by atoms with Gasteiger partial charge in [-0.05, 0) is 18.6 Å². The smallest absolute Gasteiger partial charge is 0.285 e. The van der Waals surface area contributed by atoms with Gasteiger partial charge in [-0.15, -0.1) is 5.06 Å². The molecule has 2 aliphatic rings. The van der Waals surface area contributed by atoms with Crippen molar-refractivity contribution < 1.29 is 29.0 Å². The van der Waals surface area contributed by atoms with E-state index in [1.165, 1.54) is 17.2 Å². The number of imide groups is 1. The van der Waals surface area contributed by atoms with Gasteiger partial charge in [-0.3, -0.25) is 19.0 Å². The number of carbonyl (C=O) groups is 2. The number of aliphatic hydroxyl groups excluding tert-OH is 1. The third-order valence-corrected chi connectivity index (χ3v) is 5.59. The maximum Gasteiger partial charge on any atom is 0.285 e. The highest BCUT2D eigenvalue weighted by molar-refractivity contribution is 6.20. The highest BCUT2D eigenvalue weighted by atomic mass is 16.7. The number of nitrogens with two attached hydrogens (primary N) is 1. The molecule has 12 heteroatoms. The van der Waals surface area contributed by atoms with Gasteiger partial charge in [0.1, 0.15) is 24.1 Å². The second-order valence-electron chi connectivity index (χ2n) is 7.73. The summed E-state index contributed by atoms with van der Waals surface area (Å²) in [7, 11) is 0. The second-order valence-corrected chi connectivity index (χ2v) is 7.73. The number of amides is 2. The lowest BCUT2D eigenvalue weighted by Crippen LogP contribution is -2.43. The van der Waals surface area contributed by atoms with Gasteiger partial charge in [0.2, 0.25) is 0 Å². The Balaban J connectivity index is 1.48. The Hall–Kier alpha value is -3.45. The normalized spacial score (nSPS) is 24.7. The number of carbonyl (C=O) groups excluding carboxylic acids is 2. The SMILES string of the molecule is CCCOC[C@H]1O[C@@H](n2cnc3c(N)ncnc32)[C@H](ON2C(=O)c3ccccc3C2=O)[C@@H]1O. The molecule has 172 valence electrons. The molecular formula is C21H22N6O6. The molecule has 0 aliphatic carbocycles. The van der Waals surface area contributed by atoms with Gasteiger partial charge in [0.05, 0.1) is 24.1 Å². The third kappa shape index (κ3) is 3.53. The lowest BCUT2D eigenvalue weighted by atomic mass is 10.1. The van der Waals surface area contributed by atoms with Gasteiger partial charge in [0.25, 0.3) is 11.8 Å². The lowest BCUT2D eigenvalue weighted by molar-refractivity contribution is -0.177. The number of rotatable bonds is 7.